The molecule has 2 aliphatic heterocycles. The van der Waals surface area contributed by atoms with Gasteiger partial charge in [-0.3, -0.25) is 4.98 Å². The van der Waals surface area contributed by atoms with Gasteiger partial charge in [-0.2, -0.15) is 0 Å². The van der Waals surface area contributed by atoms with Gasteiger partial charge in [0.1, 0.15) is 0 Å². The molecule has 3 rings (SSSR count). The van der Waals surface area contributed by atoms with E-state index in [9.17, 15) is 4.79 Å². The maximum atomic E-state index is 11.8. The smallest absolute Gasteiger partial charge is 0.317 e. The molecule has 1 atom stereocenters. The average Bonchev–Trinajstić information content (AvgIpc) is 2.86. The number of carbonyl (C=O) groups excluding carboxylic acids is 1. The molecule has 3 heterocycles. The molecule has 2 fully saturated rings. The number of rotatable bonds is 2. The fourth-order valence-electron chi connectivity index (χ4n) is 2.89. The Hall–Kier alpha value is -1.30. The molecule has 2 saturated heterocycles. The quantitative estimate of drug-likeness (QED) is 0.903. The van der Waals surface area contributed by atoms with Gasteiger partial charge in [0, 0.05) is 38.6 Å². The lowest BCUT2D eigenvalue weighted by atomic mass is 10.0. The number of piperidine rings is 1. The molecule has 0 aromatic carbocycles. The summed E-state index contributed by atoms with van der Waals surface area (Å²) in [5.74, 6) is 0. The summed E-state index contributed by atoms with van der Waals surface area (Å²) in [6.45, 7) is 3.54. The first kappa shape index (κ1) is 12.7. The minimum atomic E-state index is 0.0839. The monoisotopic (exact) mass is 324 g/mol. The highest BCUT2D eigenvalue weighted by atomic mass is 79.9. The van der Waals surface area contributed by atoms with Gasteiger partial charge in [-0.15, -0.1) is 0 Å². The molecule has 1 unspecified atom stereocenters. The Kier molecular flexibility index (Phi) is 3.59. The lowest BCUT2D eigenvalue weighted by molar-refractivity contribution is 0.189. The molecule has 1 N–H and O–H groups in total. The number of anilines is 1. The highest BCUT2D eigenvalue weighted by Gasteiger charge is 2.31. The van der Waals surface area contributed by atoms with E-state index in [0.29, 0.717) is 6.04 Å². The molecule has 0 aliphatic carbocycles. The summed E-state index contributed by atoms with van der Waals surface area (Å²) in [7, 11) is 0. The third kappa shape index (κ3) is 2.54. The highest BCUT2D eigenvalue weighted by molar-refractivity contribution is 9.10. The number of nitrogens with one attached hydrogen (secondary N) is 1. The number of hydrogen-bond acceptors (Lipinski definition) is 3. The average molecular weight is 325 g/mol. The molecular formula is C13H17BrN4O. The van der Waals surface area contributed by atoms with Crippen molar-refractivity contribution in [3.63, 3.8) is 0 Å². The Bertz CT molecular complexity index is 481. The molecule has 5 nitrogen and oxygen atoms in total. The SMILES string of the molecule is O=C1NCCN1C1CCCN(c2ccncc2Br)C1. The van der Waals surface area contributed by atoms with Crippen LogP contribution >= 0.6 is 15.9 Å². The van der Waals surface area contributed by atoms with Gasteiger partial charge in [-0.05, 0) is 34.8 Å². The second-order valence-electron chi connectivity index (χ2n) is 4.99. The number of aromatic nitrogens is 1. The first-order chi connectivity index (χ1) is 9.25. The van der Waals surface area contributed by atoms with Crippen molar-refractivity contribution in [2.24, 2.45) is 0 Å². The van der Waals surface area contributed by atoms with Gasteiger partial charge in [-0.25, -0.2) is 4.79 Å². The van der Waals surface area contributed by atoms with Crippen LogP contribution in [0.3, 0.4) is 0 Å². The molecular weight excluding hydrogens is 308 g/mol. The largest absolute Gasteiger partial charge is 0.368 e. The first-order valence-electron chi connectivity index (χ1n) is 6.64. The lowest BCUT2D eigenvalue weighted by Gasteiger charge is -2.38. The minimum Gasteiger partial charge on any atom is -0.368 e. The second-order valence-corrected chi connectivity index (χ2v) is 5.85. The summed E-state index contributed by atoms with van der Waals surface area (Å²) in [6.07, 6.45) is 5.84. The zero-order valence-electron chi connectivity index (χ0n) is 10.7. The Morgan fingerprint density at radius 1 is 1.42 bits per heavy atom. The number of carbonyl (C=O) groups is 1. The Balaban J connectivity index is 1.75. The van der Waals surface area contributed by atoms with Crippen molar-refractivity contribution in [2.75, 3.05) is 31.1 Å². The van der Waals surface area contributed by atoms with E-state index in [0.717, 1.165) is 43.5 Å². The van der Waals surface area contributed by atoms with Crippen LogP contribution in [0, 0.1) is 0 Å². The Morgan fingerprint density at radius 2 is 2.32 bits per heavy atom. The fraction of sp³-hybridized carbons (Fsp3) is 0.538. The van der Waals surface area contributed by atoms with Crippen LogP contribution < -0.4 is 10.2 Å². The van der Waals surface area contributed by atoms with E-state index in [2.05, 4.69) is 31.1 Å². The zero-order valence-corrected chi connectivity index (χ0v) is 12.3. The van der Waals surface area contributed by atoms with Gasteiger partial charge >= 0.3 is 6.03 Å². The van der Waals surface area contributed by atoms with Crippen molar-refractivity contribution < 1.29 is 4.79 Å². The van der Waals surface area contributed by atoms with Gasteiger partial charge in [0.05, 0.1) is 16.2 Å². The van der Waals surface area contributed by atoms with E-state index < -0.39 is 0 Å². The number of hydrogen-bond donors (Lipinski definition) is 1. The van der Waals surface area contributed by atoms with Crippen LogP contribution in [0.4, 0.5) is 10.5 Å². The zero-order chi connectivity index (χ0) is 13.2. The fourth-order valence-corrected chi connectivity index (χ4v) is 3.39. The molecule has 2 amide bonds. The molecule has 19 heavy (non-hydrogen) atoms. The van der Waals surface area contributed by atoms with E-state index in [4.69, 9.17) is 0 Å². The molecule has 2 aliphatic rings. The lowest BCUT2D eigenvalue weighted by Crippen LogP contribution is -2.49. The van der Waals surface area contributed by atoms with Gasteiger partial charge in [0.25, 0.3) is 0 Å². The Morgan fingerprint density at radius 3 is 3.05 bits per heavy atom. The minimum absolute atomic E-state index is 0.0839. The first-order valence-corrected chi connectivity index (χ1v) is 7.44. The van der Waals surface area contributed by atoms with E-state index in [1.165, 1.54) is 5.69 Å². The van der Waals surface area contributed by atoms with Crippen LogP contribution in [0.5, 0.6) is 0 Å². The molecule has 1 aromatic heterocycles. The van der Waals surface area contributed by atoms with Crippen LogP contribution in [0.15, 0.2) is 22.9 Å². The molecule has 6 heteroatoms. The summed E-state index contributed by atoms with van der Waals surface area (Å²) >= 11 is 3.55. The van der Waals surface area contributed by atoms with Crippen LogP contribution in [-0.2, 0) is 0 Å². The molecule has 102 valence electrons. The Labute approximate surface area is 121 Å². The summed E-state index contributed by atoms with van der Waals surface area (Å²) in [6, 6.07) is 2.42. The summed E-state index contributed by atoms with van der Waals surface area (Å²) < 4.78 is 1.02. The van der Waals surface area contributed by atoms with Gasteiger partial charge in [0.15, 0.2) is 0 Å². The number of urea groups is 1. The predicted octanol–water partition coefficient (Wildman–Crippen LogP) is 1.84. The summed E-state index contributed by atoms with van der Waals surface area (Å²) in [4.78, 5) is 20.2. The van der Waals surface area contributed by atoms with Crippen molar-refractivity contribution in [3.05, 3.63) is 22.9 Å². The van der Waals surface area contributed by atoms with Gasteiger partial charge < -0.3 is 15.1 Å². The number of halogens is 1. The number of amides is 2. The maximum absolute atomic E-state index is 11.8. The van der Waals surface area contributed by atoms with E-state index >= 15 is 0 Å². The van der Waals surface area contributed by atoms with Crippen molar-refractivity contribution in [2.45, 2.75) is 18.9 Å². The van der Waals surface area contributed by atoms with Crippen LogP contribution in [0.25, 0.3) is 0 Å². The normalized spacial score (nSPS) is 23.6. The molecule has 0 bridgehead atoms. The summed E-state index contributed by atoms with van der Waals surface area (Å²) in [5.41, 5.74) is 1.17. The van der Waals surface area contributed by atoms with Gasteiger partial charge in [-0.1, -0.05) is 0 Å². The van der Waals surface area contributed by atoms with Gasteiger partial charge in [0.2, 0.25) is 0 Å². The molecule has 1 aromatic rings. The standard InChI is InChI=1S/C13H17BrN4O/c14-11-8-15-4-3-12(11)17-6-1-2-10(9-17)18-7-5-16-13(18)19/h3-4,8,10H,1-2,5-7,9H2,(H,16,19). The van der Waals surface area contributed by atoms with E-state index in [-0.39, 0.29) is 6.03 Å². The third-order valence-corrected chi connectivity index (χ3v) is 4.43. The van der Waals surface area contributed by atoms with Crippen molar-refractivity contribution in [3.8, 4) is 0 Å². The van der Waals surface area contributed by atoms with Crippen molar-refractivity contribution >= 4 is 27.6 Å². The highest BCUT2D eigenvalue weighted by Crippen LogP contribution is 2.28. The van der Waals surface area contributed by atoms with Crippen LogP contribution in [0.2, 0.25) is 0 Å². The van der Waals surface area contributed by atoms with Crippen molar-refractivity contribution in [1.29, 1.82) is 0 Å². The van der Waals surface area contributed by atoms with E-state index in [1.54, 1.807) is 0 Å². The molecule has 0 spiro atoms. The molecule has 0 saturated carbocycles. The third-order valence-electron chi connectivity index (χ3n) is 3.82. The number of pyridine rings is 1. The summed E-state index contributed by atoms with van der Waals surface area (Å²) in [5, 5.41) is 2.88. The topological polar surface area (TPSA) is 48.5 Å². The predicted molar refractivity (Wildman–Crippen MR) is 77.3 cm³/mol. The number of nitrogens with zero attached hydrogens (tertiary/aromatic N) is 3. The van der Waals surface area contributed by atoms with E-state index in [1.807, 2.05) is 23.4 Å². The van der Waals surface area contributed by atoms with Crippen molar-refractivity contribution in [1.82, 2.24) is 15.2 Å². The maximum Gasteiger partial charge on any atom is 0.317 e. The molecule has 0 radical (unpaired) electrons. The second kappa shape index (κ2) is 5.36. The van der Waals surface area contributed by atoms with Crippen LogP contribution in [0.1, 0.15) is 12.8 Å². The van der Waals surface area contributed by atoms with Crippen LogP contribution in [-0.4, -0.2) is 48.1 Å².